The Morgan fingerprint density at radius 2 is 2.47 bits per heavy atom. The first-order chi connectivity index (χ1) is 8.38. The summed E-state index contributed by atoms with van der Waals surface area (Å²) in [6, 6.07) is 4.32. The van der Waals surface area contributed by atoms with E-state index < -0.39 is 0 Å². The van der Waals surface area contributed by atoms with Gasteiger partial charge in [-0.25, -0.2) is 4.68 Å². The predicted molar refractivity (Wildman–Crippen MR) is 64.9 cm³/mol. The summed E-state index contributed by atoms with van der Waals surface area (Å²) in [7, 11) is 0. The minimum atomic E-state index is 0.257. The third kappa shape index (κ3) is 1.77. The predicted octanol–water partition coefficient (Wildman–Crippen LogP) is 1.64. The molecule has 88 valence electrons. The quantitative estimate of drug-likeness (QED) is 0.850. The van der Waals surface area contributed by atoms with Gasteiger partial charge in [-0.3, -0.25) is 4.98 Å². The summed E-state index contributed by atoms with van der Waals surface area (Å²) in [6.45, 7) is 3.00. The lowest BCUT2D eigenvalue weighted by Crippen LogP contribution is -2.24. The molecular weight excluding hydrogens is 214 g/mol. The van der Waals surface area contributed by atoms with E-state index in [0.717, 1.165) is 31.2 Å². The number of fused-ring (bicyclic) bond motifs is 1. The van der Waals surface area contributed by atoms with Gasteiger partial charge in [0.15, 0.2) is 5.82 Å². The molecule has 2 aromatic rings. The molecule has 0 saturated carbocycles. The van der Waals surface area contributed by atoms with Crippen molar-refractivity contribution in [3.63, 3.8) is 0 Å². The summed E-state index contributed by atoms with van der Waals surface area (Å²) < 4.78 is 1.99. The van der Waals surface area contributed by atoms with Crippen LogP contribution in [0.4, 0.5) is 5.95 Å². The molecule has 0 radical (unpaired) electrons. The molecule has 1 N–H and O–H groups in total. The maximum Gasteiger partial charge on any atom is 0.221 e. The maximum atomic E-state index is 4.54. The number of anilines is 1. The second-order valence-corrected chi connectivity index (χ2v) is 4.17. The first-order valence-electron chi connectivity index (χ1n) is 5.97. The van der Waals surface area contributed by atoms with Crippen LogP contribution >= 0.6 is 0 Å². The average Bonchev–Trinajstić information content (AvgIpc) is 2.82. The molecule has 1 aliphatic heterocycles. The van der Waals surface area contributed by atoms with Gasteiger partial charge in [-0.05, 0) is 18.1 Å². The second kappa shape index (κ2) is 4.16. The molecule has 0 fully saturated rings. The lowest BCUT2D eigenvalue weighted by molar-refractivity contribution is 0.476. The Labute approximate surface area is 99.9 Å². The summed E-state index contributed by atoms with van der Waals surface area (Å²) in [6.07, 6.45) is 5.59. The van der Waals surface area contributed by atoms with Gasteiger partial charge in [0.1, 0.15) is 0 Å². The Hall–Kier alpha value is -1.91. The van der Waals surface area contributed by atoms with Crippen LogP contribution in [0.5, 0.6) is 0 Å². The fourth-order valence-corrected chi connectivity index (χ4v) is 2.18. The fourth-order valence-electron chi connectivity index (χ4n) is 2.18. The first-order valence-corrected chi connectivity index (χ1v) is 5.97. The SMILES string of the molecule is CCc1nc2n(n1)C(c1cccnc1)CCN2. The summed E-state index contributed by atoms with van der Waals surface area (Å²) in [5.41, 5.74) is 1.20. The first kappa shape index (κ1) is 10.3. The van der Waals surface area contributed by atoms with E-state index in [-0.39, 0.29) is 6.04 Å². The van der Waals surface area contributed by atoms with Gasteiger partial charge in [0.2, 0.25) is 5.95 Å². The Balaban J connectivity index is 2.02. The largest absolute Gasteiger partial charge is 0.354 e. The minimum absolute atomic E-state index is 0.257. The summed E-state index contributed by atoms with van der Waals surface area (Å²) in [4.78, 5) is 8.64. The number of hydrogen-bond acceptors (Lipinski definition) is 4. The smallest absolute Gasteiger partial charge is 0.221 e. The Morgan fingerprint density at radius 1 is 1.53 bits per heavy atom. The molecule has 1 unspecified atom stereocenters. The molecular formula is C12H15N5. The molecule has 0 bridgehead atoms. The zero-order valence-corrected chi connectivity index (χ0v) is 9.80. The number of rotatable bonds is 2. The molecule has 1 aliphatic rings. The maximum absolute atomic E-state index is 4.54. The van der Waals surface area contributed by atoms with Gasteiger partial charge in [-0.1, -0.05) is 13.0 Å². The molecule has 0 spiro atoms. The molecule has 1 atom stereocenters. The zero-order valence-electron chi connectivity index (χ0n) is 9.80. The monoisotopic (exact) mass is 229 g/mol. The third-order valence-corrected chi connectivity index (χ3v) is 3.06. The molecule has 17 heavy (non-hydrogen) atoms. The molecule has 2 aromatic heterocycles. The molecule has 0 aliphatic carbocycles. The van der Waals surface area contributed by atoms with E-state index in [9.17, 15) is 0 Å². The minimum Gasteiger partial charge on any atom is -0.354 e. The van der Waals surface area contributed by atoms with Crippen molar-refractivity contribution in [3.05, 3.63) is 35.9 Å². The van der Waals surface area contributed by atoms with Crippen LogP contribution in [-0.4, -0.2) is 26.3 Å². The van der Waals surface area contributed by atoms with Crippen LogP contribution in [0.1, 0.15) is 30.8 Å². The van der Waals surface area contributed by atoms with Crippen molar-refractivity contribution in [2.24, 2.45) is 0 Å². The second-order valence-electron chi connectivity index (χ2n) is 4.17. The number of hydrogen-bond donors (Lipinski definition) is 1. The van der Waals surface area contributed by atoms with Crippen LogP contribution in [0.3, 0.4) is 0 Å². The summed E-state index contributed by atoms with van der Waals surface area (Å²) in [5.74, 6) is 1.77. The molecule has 3 heterocycles. The zero-order chi connectivity index (χ0) is 11.7. The highest BCUT2D eigenvalue weighted by Gasteiger charge is 2.23. The van der Waals surface area contributed by atoms with E-state index in [0.29, 0.717) is 0 Å². The lowest BCUT2D eigenvalue weighted by atomic mass is 10.1. The van der Waals surface area contributed by atoms with Gasteiger partial charge >= 0.3 is 0 Å². The van der Waals surface area contributed by atoms with Gasteiger partial charge in [0, 0.05) is 25.4 Å². The van der Waals surface area contributed by atoms with Gasteiger partial charge in [0.25, 0.3) is 0 Å². The van der Waals surface area contributed by atoms with Crippen molar-refractivity contribution in [3.8, 4) is 0 Å². The fraction of sp³-hybridized carbons (Fsp3) is 0.417. The van der Waals surface area contributed by atoms with Crippen molar-refractivity contribution in [1.29, 1.82) is 0 Å². The molecule has 0 amide bonds. The van der Waals surface area contributed by atoms with Crippen molar-refractivity contribution in [2.75, 3.05) is 11.9 Å². The molecule has 0 aromatic carbocycles. The van der Waals surface area contributed by atoms with Crippen LogP contribution in [0.2, 0.25) is 0 Å². The average molecular weight is 229 g/mol. The van der Waals surface area contributed by atoms with Gasteiger partial charge in [0.05, 0.1) is 6.04 Å². The molecule has 5 nitrogen and oxygen atoms in total. The van der Waals surface area contributed by atoms with E-state index in [1.54, 1.807) is 6.20 Å². The Bertz CT molecular complexity index is 505. The van der Waals surface area contributed by atoms with Crippen molar-refractivity contribution in [1.82, 2.24) is 19.7 Å². The number of nitrogens with zero attached hydrogens (tertiary/aromatic N) is 4. The van der Waals surface area contributed by atoms with Gasteiger partial charge < -0.3 is 5.32 Å². The van der Waals surface area contributed by atoms with E-state index in [1.807, 2.05) is 16.9 Å². The highest BCUT2D eigenvalue weighted by atomic mass is 15.4. The Kier molecular flexibility index (Phi) is 2.51. The number of nitrogens with one attached hydrogen (secondary N) is 1. The van der Waals surface area contributed by atoms with E-state index in [4.69, 9.17) is 0 Å². The van der Waals surface area contributed by atoms with E-state index in [1.165, 1.54) is 5.56 Å². The molecule has 3 rings (SSSR count). The van der Waals surface area contributed by atoms with Crippen LogP contribution in [0, 0.1) is 0 Å². The summed E-state index contributed by atoms with van der Waals surface area (Å²) >= 11 is 0. The molecule has 0 saturated heterocycles. The summed E-state index contributed by atoms with van der Waals surface area (Å²) in [5, 5.41) is 7.83. The highest BCUT2D eigenvalue weighted by Crippen LogP contribution is 2.27. The topological polar surface area (TPSA) is 55.6 Å². The lowest BCUT2D eigenvalue weighted by Gasteiger charge is -2.24. The number of aromatic nitrogens is 4. The van der Waals surface area contributed by atoms with E-state index in [2.05, 4.69) is 33.4 Å². The number of aryl methyl sites for hydroxylation is 1. The molecule has 5 heteroatoms. The normalized spacial score (nSPS) is 18.5. The van der Waals surface area contributed by atoms with Crippen molar-refractivity contribution in [2.45, 2.75) is 25.8 Å². The van der Waals surface area contributed by atoms with Crippen LogP contribution in [-0.2, 0) is 6.42 Å². The van der Waals surface area contributed by atoms with Gasteiger partial charge in [-0.2, -0.15) is 10.1 Å². The highest BCUT2D eigenvalue weighted by molar-refractivity contribution is 5.31. The van der Waals surface area contributed by atoms with Gasteiger partial charge in [-0.15, -0.1) is 0 Å². The van der Waals surface area contributed by atoms with Crippen LogP contribution in [0.25, 0.3) is 0 Å². The van der Waals surface area contributed by atoms with Crippen molar-refractivity contribution >= 4 is 5.95 Å². The van der Waals surface area contributed by atoms with E-state index >= 15 is 0 Å². The third-order valence-electron chi connectivity index (χ3n) is 3.06. The van der Waals surface area contributed by atoms with Crippen LogP contribution in [0.15, 0.2) is 24.5 Å². The van der Waals surface area contributed by atoms with Crippen LogP contribution < -0.4 is 5.32 Å². The Morgan fingerprint density at radius 3 is 3.24 bits per heavy atom. The number of pyridine rings is 1. The van der Waals surface area contributed by atoms with Crippen molar-refractivity contribution < 1.29 is 0 Å². The standard InChI is InChI=1S/C12H15N5/c1-2-11-15-12-14-7-5-10(17(12)16-11)9-4-3-6-13-8-9/h3-4,6,8,10H,2,5,7H2,1H3,(H,14,15,16).